The molecule has 0 aromatic rings. The third kappa shape index (κ3) is 41.8. The van der Waals surface area contributed by atoms with Crippen molar-refractivity contribution in [2.75, 3.05) is 41.0 Å². The van der Waals surface area contributed by atoms with Crippen molar-refractivity contribution >= 4 is 17.9 Å². The van der Waals surface area contributed by atoms with E-state index < -0.39 is 18.1 Å². The highest BCUT2D eigenvalue weighted by molar-refractivity contribution is 5.70. The summed E-state index contributed by atoms with van der Waals surface area (Å²) in [5.41, 5.74) is 0. The average Bonchev–Trinajstić information content (AvgIpc) is 3.23. The van der Waals surface area contributed by atoms with E-state index in [1.54, 1.807) is 21.1 Å². The quantitative estimate of drug-likeness (QED) is 0.0198. The van der Waals surface area contributed by atoms with Crippen molar-refractivity contribution < 1.29 is 38.2 Å². The zero-order chi connectivity index (χ0) is 45.6. The van der Waals surface area contributed by atoms with Crippen molar-refractivity contribution in [1.82, 2.24) is 0 Å². The normalized spacial score (nSPS) is 13.6. The van der Waals surface area contributed by atoms with Gasteiger partial charge in [0.1, 0.15) is 12.6 Å². The van der Waals surface area contributed by atoms with Gasteiger partial charge in [-0.25, -0.2) is 0 Å². The van der Waals surface area contributed by atoms with Crippen molar-refractivity contribution in [2.45, 2.75) is 199 Å². The first-order valence-corrected chi connectivity index (χ1v) is 24.6. The standard InChI is InChI=1S/C54H91NO7/c1-6-8-10-12-14-16-18-20-22-24-26-28-30-32-34-36-38-40-42-44-52(56)61-49-50(48-60-47-46-51(54(58)59)55(3,4)5)62-53(57)45-43-41-39-37-35-33-31-29-27-25-23-21-19-17-15-13-11-9-7-2/h8,10,14-17,19-22,26,28,32,34,50-51H,6-7,9,11-13,18,23-25,27,29-31,33,35-49H2,1-5H3/b10-8+,16-14+,17-15+,21-19+,22-20+,28-26+,34-32+. The van der Waals surface area contributed by atoms with Crippen LogP contribution in [0.4, 0.5) is 0 Å². The minimum Gasteiger partial charge on any atom is -0.544 e. The fraction of sp³-hybridized carbons (Fsp3) is 0.685. The van der Waals surface area contributed by atoms with Gasteiger partial charge in [-0.15, -0.1) is 0 Å². The van der Waals surface area contributed by atoms with Crippen LogP contribution >= 0.6 is 0 Å². The van der Waals surface area contributed by atoms with Crippen LogP contribution in [0.5, 0.6) is 0 Å². The van der Waals surface area contributed by atoms with Gasteiger partial charge in [0, 0.05) is 19.3 Å². The molecule has 8 nitrogen and oxygen atoms in total. The zero-order valence-electron chi connectivity index (χ0n) is 40.3. The lowest BCUT2D eigenvalue weighted by atomic mass is 10.1. The van der Waals surface area contributed by atoms with E-state index in [1.165, 1.54) is 70.6 Å². The molecule has 0 heterocycles. The van der Waals surface area contributed by atoms with Gasteiger partial charge in [0.15, 0.2) is 6.10 Å². The molecule has 2 unspecified atom stereocenters. The first kappa shape index (κ1) is 58.5. The summed E-state index contributed by atoms with van der Waals surface area (Å²) in [5, 5.41) is 11.7. The lowest BCUT2D eigenvalue weighted by molar-refractivity contribution is -0.889. The molecule has 0 aromatic carbocycles. The summed E-state index contributed by atoms with van der Waals surface area (Å²) in [6.07, 6.45) is 57.5. The van der Waals surface area contributed by atoms with Crippen molar-refractivity contribution in [3.05, 3.63) is 85.1 Å². The number of allylic oxidation sites excluding steroid dienone is 14. The minimum absolute atomic E-state index is 0.0242. The number of nitrogens with zero attached hydrogens (tertiary/aromatic N) is 1. The van der Waals surface area contributed by atoms with Crippen LogP contribution in [0.3, 0.4) is 0 Å². The summed E-state index contributed by atoms with van der Waals surface area (Å²) in [7, 11) is 5.39. The Morgan fingerprint density at radius 3 is 1.45 bits per heavy atom. The topological polar surface area (TPSA) is 102 Å². The summed E-state index contributed by atoms with van der Waals surface area (Å²) in [6, 6.07) is -0.736. The second-order valence-corrected chi connectivity index (χ2v) is 17.3. The lowest BCUT2D eigenvalue weighted by Crippen LogP contribution is -2.55. The second-order valence-electron chi connectivity index (χ2n) is 17.3. The Bertz CT molecular complexity index is 1290. The maximum Gasteiger partial charge on any atom is 0.306 e. The summed E-state index contributed by atoms with van der Waals surface area (Å²) >= 11 is 0. The molecule has 2 atom stereocenters. The molecular formula is C54H91NO7. The number of quaternary nitrogens is 1. The number of esters is 2. The molecule has 0 spiro atoms. The molecule has 8 heteroatoms. The molecular weight excluding hydrogens is 775 g/mol. The van der Waals surface area contributed by atoms with E-state index >= 15 is 0 Å². The molecule has 0 aliphatic heterocycles. The third-order valence-electron chi connectivity index (χ3n) is 10.5. The SMILES string of the molecule is CC/C=C/C/C=C/C/C=C/C/C=C/C/C=C/CCCCCC(=O)OCC(COCCC(C(=O)[O-])[N+](C)(C)C)OC(=O)CCCCCCCCCCCC/C=C/C=C/CCCCC. The lowest BCUT2D eigenvalue weighted by Gasteiger charge is -2.34. The van der Waals surface area contributed by atoms with Crippen molar-refractivity contribution in [3.63, 3.8) is 0 Å². The molecule has 0 aliphatic rings. The molecule has 0 N–H and O–H groups in total. The van der Waals surface area contributed by atoms with E-state index in [2.05, 4.69) is 98.9 Å². The minimum atomic E-state index is -1.13. The van der Waals surface area contributed by atoms with E-state index in [0.717, 1.165) is 83.5 Å². The van der Waals surface area contributed by atoms with Crippen molar-refractivity contribution in [3.8, 4) is 0 Å². The number of unbranched alkanes of at least 4 members (excludes halogenated alkanes) is 16. The Kier molecular flexibility index (Phi) is 41.6. The fourth-order valence-corrected chi connectivity index (χ4v) is 6.73. The second kappa shape index (κ2) is 44.1. The molecule has 0 saturated carbocycles. The van der Waals surface area contributed by atoms with Crippen LogP contribution in [0.15, 0.2) is 85.1 Å². The maximum absolute atomic E-state index is 12.8. The summed E-state index contributed by atoms with van der Waals surface area (Å²) in [6.45, 7) is 4.48. The van der Waals surface area contributed by atoms with Crippen LogP contribution in [0.25, 0.3) is 0 Å². The number of likely N-dealkylation sites (N-methyl/N-ethyl adjacent to an activating group) is 1. The first-order valence-electron chi connectivity index (χ1n) is 24.6. The number of carboxylic acid groups (broad SMARTS) is 1. The molecule has 0 bridgehead atoms. The van der Waals surface area contributed by atoms with Gasteiger partial charge in [-0.1, -0.05) is 170 Å². The molecule has 0 amide bonds. The number of carboxylic acids is 1. The number of carbonyl (C=O) groups excluding carboxylic acids is 3. The van der Waals surface area contributed by atoms with E-state index in [9.17, 15) is 19.5 Å². The number of carbonyl (C=O) groups is 3. The van der Waals surface area contributed by atoms with Gasteiger partial charge in [-0.05, 0) is 83.5 Å². The van der Waals surface area contributed by atoms with Crippen LogP contribution in [0, 0.1) is 0 Å². The van der Waals surface area contributed by atoms with Crippen LogP contribution in [0.2, 0.25) is 0 Å². The van der Waals surface area contributed by atoms with Crippen LogP contribution in [-0.2, 0) is 28.6 Å². The highest BCUT2D eigenvalue weighted by Crippen LogP contribution is 2.14. The smallest absolute Gasteiger partial charge is 0.306 e. The number of ether oxygens (including phenoxy) is 3. The zero-order valence-corrected chi connectivity index (χ0v) is 40.3. The predicted molar refractivity (Wildman–Crippen MR) is 258 cm³/mol. The van der Waals surface area contributed by atoms with Gasteiger partial charge in [0.05, 0.1) is 40.3 Å². The molecule has 0 aliphatic carbocycles. The third-order valence-corrected chi connectivity index (χ3v) is 10.5. The van der Waals surface area contributed by atoms with Gasteiger partial charge in [0.2, 0.25) is 0 Å². The van der Waals surface area contributed by atoms with Crippen LogP contribution < -0.4 is 5.11 Å². The molecule has 0 saturated heterocycles. The maximum atomic E-state index is 12.8. The van der Waals surface area contributed by atoms with Gasteiger partial charge >= 0.3 is 11.9 Å². The predicted octanol–water partition coefficient (Wildman–Crippen LogP) is 12.7. The van der Waals surface area contributed by atoms with Gasteiger partial charge in [0.25, 0.3) is 0 Å². The summed E-state index contributed by atoms with van der Waals surface area (Å²) in [4.78, 5) is 37.0. The molecule has 0 radical (unpaired) electrons. The Balaban J connectivity index is 4.36. The number of hydrogen-bond donors (Lipinski definition) is 0. The highest BCUT2D eigenvalue weighted by atomic mass is 16.6. The number of rotatable bonds is 43. The number of hydrogen-bond acceptors (Lipinski definition) is 7. The van der Waals surface area contributed by atoms with Crippen LogP contribution in [0.1, 0.15) is 187 Å². The van der Waals surface area contributed by atoms with E-state index in [1.807, 2.05) is 0 Å². The number of aliphatic carboxylic acids is 1. The van der Waals surface area contributed by atoms with Crippen molar-refractivity contribution in [1.29, 1.82) is 0 Å². The Morgan fingerprint density at radius 1 is 0.516 bits per heavy atom. The molecule has 0 fully saturated rings. The Hall–Kier alpha value is -3.49. The molecule has 0 aromatic heterocycles. The van der Waals surface area contributed by atoms with E-state index in [4.69, 9.17) is 14.2 Å². The van der Waals surface area contributed by atoms with E-state index in [-0.39, 0.29) is 42.7 Å². The first-order chi connectivity index (χ1) is 30.1. The van der Waals surface area contributed by atoms with Crippen LogP contribution in [-0.4, -0.2) is 75.5 Å². The van der Waals surface area contributed by atoms with Gasteiger partial charge in [-0.3, -0.25) is 9.59 Å². The van der Waals surface area contributed by atoms with E-state index in [0.29, 0.717) is 12.8 Å². The Morgan fingerprint density at radius 2 is 0.952 bits per heavy atom. The molecule has 0 rings (SSSR count). The Labute approximate surface area is 380 Å². The molecule has 354 valence electrons. The largest absolute Gasteiger partial charge is 0.544 e. The average molecular weight is 866 g/mol. The highest BCUT2D eigenvalue weighted by Gasteiger charge is 2.25. The monoisotopic (exact) mass is 866 g/mol. The fourth-order valence-electron chi connectivity index (χ4n) is 6.73. The van der Waals surface area contributed by atoms with Gasteiger partial charge < -0.3 is 28.6 Å². The summed E-state index contributed by atoms with van der Waals surface area (Å²) < 4.78 is 17.2. The van der Waals surface area contributed by atoms with Gasteiger partial charge in [-0.2, -0.15) is 0 Å². The molecule has 62 heavy (non-hydrogen) atoms. The summed E-state index contributed by atoms with van der Waals surface area (Å²) in [5.74, 6) is -1.79. The van der Waals surface area contributed by atoms with Crippen molar-refractivity contribution in [2.24, 2.45) is 0 Å².